The second kappa shape index (κ2) is 6.00. The van der Waals surface area contributed by atoms with E-state index in [1.54, 1.807) is 18.2 Å². The summed E-state index contributed by atoms with van der Waals surface area (Å²) in [6, 6.07) is 12.8. The van der Waals surface area contributed by atoms with E-state index < -0.39 is 0 Å². The van der Waals surface area contributed by atoms with E-state index in [9.17, 15) is 4.79 Å². The van der Waals surface area contributed by atoms with Crippen molar-refractivity contribution in [2.45, 2.75) is 19.8 Å². The molecule has 4 nitrogen and oxygen atoms in total. The molecular weight excluding hydrogens is 238 g/mol. The van der Waals surface area contributed by atoms with E-state index in [4.69, 9.17) is 5.73 Å². The van der Waals surface area contributed by atoms with Crippen LogP contribution in [0.2, 0.25) is 0 Å². The van der Waals surface area contributed by atoms with Gasteiger partial charge < -0.3 is 11.1 Å². The number of nitrogen functional groups attached to an aromatic ring is 1. The lowest BCUT2D eigenvalue weighted by atomic mass is 10.1. The summed E-state index contributed by atoms with van der Waals surface area (Å²) in [6.45, 7) is 2.14. The molecule has 0 fully saturated rings. The number of aromatic nitrogens is 1. The van der Waals surface area contributed by atoms with E-state index in [1.165, 1.54) is 5.56 Å². The number of aryl methyl sites for hydroxylation is 1. The zero-order valence-corrected chi connectivity index (χ0v) is 10.9. The fourth-order valence-electron chi connectivity index (χ4n) is 1.82. The molecule has 0 radical (unpaired) electrons. The minimum atomic E-state index is -0.254. The molecule has 98 valence electrons. The van der Waals surface area contributed by atoms with Crippen molar-refractivity contribution in [3.8, 4) is 0 Å². The van der Waals surface area contributed by atoms with Crippen LogP contribution in [-0.2, 0) is 6.42 Å². The molecule has 0 spiro atoms. The lowest BCUT2D eigenvalue weighted by molar-refractivity contribution is 0.102. The lowest BCUT2D eigenvalue weighted by Gasteiger charge is -2.06. The molecule has 0 aliphatic heterocycles. The molecule has 1 heterocycles. The van der Waals surface area contributed by atoms with E-state index in [-0.39, 0.29) is 5.91 Å². The number of carbonyl (C=O) groups is 1. The Bertz CT molecular complexity index is 564. The average Bonchev–Trinajstić information content (AvgIpc) is 2.41. The predicted octanol–water partition coefficient (Wildman–Crippen LogP) is 2.87. The van der Waals surface area contributed by atoms with Gasteiger partial charge in [0, 0.05) is 5.69 Å². The first-order valence-electron chi connectivity index (χ1n) is 6.32. The second-order valence-corrected chi connectivity index (χ2v) is 4.35. The van der Waals surface area contributed by atoms with Crippen molar-refractivity contribution < 1.29 is 4.79 Å². The van der Waals surface area contributed by atoms with Crippen molar-refractivity contribution in [1.82, 2.24) is 4.98 Å². The topological polar surface area (TPSA) is 68.0 Å². The number of nitrogens with zero attached hydrogens (tertiary/aromatic N) is 1. The smallest absolute Gasteiger partial charge is 0.274 e. The second-order valence-electron chi connectivity index (χ2n) is 4.35. The highest BCUT2D eigenvalue weighted by Crippen LogP contribution is 2.12. The van der Waals surface area contributed by atoms with Crippen LogP contribution >= 0.6 is 0 Å². The van der Waals surface area contributed by atoms with Crippen molar-refractivity contribution in [2.75, 3.05) is 11.1 Å². The normalized spacial score (nSPS) is 10.2. The van der Waals surface area contributed by atoms with Crippen LogP contribution < -0.4 is 11.1 Å². The fourth-order valence-corrected chi connectivity index (χ4v) is 1.82. The molecule has 0 bridgehead atoms. The molecule has 0 unspecified atom stereocenters. The molecule has 0 aliphatic rings. The van der Waals surface area contributed by atoms with Crippen LogP contribution in [0.1, 0.15) is 29.4 Å². The van der Waals surface area contributed by atoms with Gasteiger partial charge in [0.25, 0.3) is 5.91 Å². The molecule has 1 aromatic heterocycles. The highest BCUT2D eigenvalue weighted by molar-refractivity contribution is 6.03. The minimum Gasteiger partial charge on any atom is -0.384 e. The predicted molar refractivity (Wildman–Crippen MR) is 77.0 cm³/mol. The number of pyridine rings is 1. The van der Waals surface area contributed by atoms with Gasteiger partial charge in [-0.2, -0.15) is 0 Å². The minimum absolute atomic E-state index is 0.254. The number of hydrogen-bond donors (Lipinski definition) is 2. The van der Waals surface area contributed by atoms with Gasteiger partial charge in [0.1, 0.15) is 11.5 Å². The summed E-state index contributed by atoms with van der Waals surface area (Å²) in [4.78, 5) is 15.9. The first-order valence-corrected chi connectivity index (χ1v) is 6.32. The number of carbonyl (C=O) groups excluding carboxylic acids is 1. The maximum absolute atomic E-state index is 11.9. The molecule has 3 N–H and O–H groups in total. The summed E-state index contributed by atoms with van der Waals surface area (Å²) in [6.07, 6.45) is 2.16. The van der Waals surface area contributed by atoms with Crippen molar-refractivity contribution in [3.63, 3.8) is 0 Å². The van der Waals surface area contributed by atoms with Crippen LogP contribution in [0, 0.1) is 0 Å². The summed E-state index contributed by atoms with van der Waals surface area (Å²) >= 11 is 0. The quantitative estimate of drug-likeness (QED) is 0.882. The molecule has 0 atom stereocenters. The molecule has 1 amide bonds. The van der Waals surface area contributed by atoms with E-state index in [0.29, 0.717) is 11.5 Å². The number of amides is 1. The van der Waals surface area contributed by atoms with Crippen LogP contribution in [0.25, 0.3) is 0 Å². The highest BCUT2D eigenvalue weighted by atomic mass is 16.1. The van der Waals surface area contributed by atoms with Crippen LogP contribution in [0.5, 0.6) is 0 Å². The zero-order chi connectivity index (χ0) is 13.7. The van der Waals surface area contributed by atoms with Gasteiger partial charge in [-0.3, -0.25) is 4.79 Å². The Morgan fingerprint density at radius 3 is 2.58 bits per heavy atom. The molecule has 19 heavy (non-hydrogen) atoms. The number of benzene rings is 1. The fraction of sp³-hybridized carbons (Fsp3) is 0.200. The number of rotatable bonds is 4. The van der Waals surface area contributed by atoms with Gasteiger partial charge in [-0.15, -0.1) is 0 Å². The standard InChI is InChI=1S/C15H17N3O/c1-2-4-11-7-9-12(10-8-11)17-15(19)13-5-3-6-14(16)18-13/h3,5-10H,2,4H2,1H3,(H2,16,18)(H,17,19). The van der Waals surface area contributed by atoms with Gasteiger partial charge in [0.15, 0.2) is 0 Å². The lowest BCUT2D eigenvalue weighted by Crippen LogP contribution is -2.14. The first-order chi connectivity index (χ1) is 9.19. The molecule has 0 saturated heterocycles. The van der Waals surface area contributed by atoms with Crippen molar-refractivity contribution in [2.24, 2.45) is 0 Å². The molecule has 2 rings (SSSR count). The van der Waals surface area contributed by atoms with Crippen LogP contribution in [0.3, 0.4) is 0 Å². The van der Waals surface area contributed by atoms with Gasteiger partial charge in [-0.25, -0.2) is 4.98 Å². The number of hydrogen-bond acceptors (Lipinski definition) is 3. The molecular formula is C15H17N3O. The Hall–Kier alpha value is -2.36. The Kier molecular flexibility index (Phi) is 4.13. The first kappa shape index (κ1) is 13.1. The summed E-state index contributed by atoms with van der Waals surface area (Å²) in [5.41, 5.74) is 7.89. The molecule has 4 heteroatoms. The third-order valence-electron chi connectivity index (χ3n) is 2.75. The molecule has 1 aromatic carbocycles. The molecule has 2 aromatic rings. The third-order valence-corrected chi connectivity index (χ3v) is 2.75. The summed E-state index contributed by atoms with van der Waals surface area (Å²) in [7, 11) is 0. The van der Waals surface area contributed by atoms with Gasteiger partial charge in [0.05, 0.1) is 0 Å². The molecule has 0 aliphatic carbocycles. The van der Waals surface area contributed by atoms with E-state index >= 15 is 0 Å². The van der Waals surface area contributed by atoms with Crippen molar-refractivity contribution in [3.05, 3.63) is 53.7 Å². The van der Waals surface area contributed by atoms with Gasteiger partial charge in [-0.1, -0.05) is 31.5 Å². The Balaban J connectivity index is 2.06. The average molecular weight is 255 g/mol. The Morgan fingerprint density at radius 2 is 1.95 bits per heavy atom. The molecule has 0 saturated carbocycles. The van der Waals surface area contributed by atoms with E-state index in [1.807, 2.05) is 24.3 Å². The van der Waals surface area contributed by atoms with E-state index in [2.05, 4.69) is 17.2 Å². The highest BCUT2D eigenvalue weighted by Gasteiger charge is 2.07. The number of anilines is 2. The van der Waals surface area contributed by atoms with Crippen LogP contribution in [0.15, 0.2) is 42.5 Å². The van der Waals surface area contributed by atoms with Gasteiger partial charge in [-0.05, 0) is 36.2 Å². The van der Waals surface area contributed by atoms with Gasteiger partial charge >= 0.3 is 0 Å². The third kappa shape index (κ3) is 3.55. The van der Waals surface area contributed by atoms with E-state index in [0.717, 1.165) is 18.5 Å². The van der Waals surface area contributed by atoms with Gasteiger partial charge in [0.2, 0.25) is 0 Å². The maximum atomic E-state index is 11.9. The Labute approximate surface area is 112 Å². The number of nitrogens with one attached hydrogen (secondary N) is 1. The van der Waals surface area contributed by atoms with Crippen LogP contribution in [0.4, 0.5) is 11.5 Å². The maximum Gasteiger partial charge on any atom is 0.274 e. The largest absolute Gasteiger partial charge is 0.384 e. The van der Waals surface area contributed by atoms with Crippen LogP contribution in [-0.4, -0.2) is 10.9 Å². The monoisotopic (exact) mass is 255 g/mol. The summed E-state index contributed by atoms with van der Waals surface area (Å²) in [5, 5.41) is 2.80. The summed E-state index contributed by atoms with van der Waals surface area (Å²) < 4.78 is 0. The van der Waals surface area contributed by atoms with Crippen molar-refractivity contribution >= 4 is 17.4 Å². The zero-order valence-electron chi connectivity index (χ0n) is 10.9. The SMILES string of the molecule is CCCc1ccc(NC(=O)c2cccc(N)n2)cc1. The number of nitrogens with two attached hydrogens (primary N) is 1. The summed E-state index contributed by atoms with van der Waals surface area (Å²) in [5.74, 6) is 0.0847. The van der Waals surface area contributed by atoms with Crippen molar-refractivity contribution in [1.29, 1.82) is 0 Å². The Morgan fingerprint density at radius 1 is 1.21 bits per heavy atom.